The van der Waals surface area contributed by atoms with Crippen molar-refractivity contribution in [3.63, 3.8) is 0 Å². The maximum absolute atomic E-state index is 13.3. The first kappa shape index (κ1) is 20.4. The number of amides is 1. The molecule has 1 amide bonds. The van der Waals surface area contributed by atoms with Gasteiger partial charge in [0.2, 0.25) is 11.7 Å². The molecule has 0 atom stereocenters. The average Bonchev–Trinajstić information content (AvgIpc) is 3.33. The van der Waals surface area contributed by atoms with Crippen LogP contribution >= 0.6 is 23.4 Å². The van der Waals surface area contributed by atoms with Crippen molar-refractivity contribution in [3.8, 4) is 11.6 Å². The van der Waals surface area contributed by atoms with Crippen molar-refractivity contribution in [2.75, 3.05) is 11.1 Å². The molecule has 0 aliphatic carbocycles. The Morgan fingerprint density at radius 2 is 2.03 bits per heavy atom. The molecule has 6 nitrogen and oxygen atoms in total. The summed E-state index contributed by atoms with van der Waals surface area (Å²) in [6.45, 7) is 4.03. The summed E-state index contributed by atoms with van der Waals surface area (Å²) in [6, 6.07) is 13.8. The second-order valence-electron chi connectivity index (χ2n) is 6.88. The first-order chi connectivity index (χ1) is 14.4. The van der Waals surface area contributed by atoms with Gasteiger partial charge in [-0.25, -0.2) is 4.39 Å². The van der Waals surface area contributed by atoms with Gasteiger partial charge in [0.1, 0.15) is 11.4 Å². The maximum Gasteiger partial charge on any atom is 0.234 e. The highest BCUT2D eigenvalue weighted by Crippen LogP contribution is 2.31. The van der Waals surface area contributed by atoms with E-state index in [9.17, 15) is 9.18 Å². The molecule has 1 N–H and O–H groups in total. The predicted octanol–water partition coefficient (Wildman–Crippen LogP) is 5.80. The fourth-order valence-electron chi connectivity index (χ4n) is 3.00. The number of benzene rings is 2. The van der Waals surface area contributed by atoms with E-state index in [1.54, 1.807) is 0 Å². The lowest BCUT2D eigenvalue weighted by atomic mass is 10.2. The minimum Gasteiger partial charge on any atom is -0.453 e. The summed E-state index contributed by atoms with van der Waals surface area (Å²) in [5.74, 6) is 0.544. The van der Waals surface area contributed by atoms with Crippen LogP contribution in [0.3, 0.4) is 0 Å². The number of halogens is 2. The van der Waals surface area contributed by atoms with Crippen molar-refractivity contribution < 1.29 is 13.6 Å². The number of fused-ring (bicyclic) bond motifs is 1. The lowest BCUT2D eigenvalue weighted by Gasteiger charge is -2.12. The number of hydrogen-bond donors (Lipinski definition) is 1. The van der Waals surface area contributed by atoms with E-state index in [0.29, 0.717) is 22.4 Å². The largest absolute Gasteiger partial charge is 0.453 e. The molecule has 0 fully saturated rings. The molecule has 2 aromatic heterocycles. The third-order valence-corrected chi connectivity index (χ3v) is 5.60. The van der Waals surface area contributed by atoms with Crippen LogP contribution in [0.5, 0.6) is 0 Å². The Kier molecular flexibility index (Phi) is 5.78. The second-order valence-corrected chi connectivity index (χ2v) is 8.23. The van der Waals surface area contributed by atoms with E-state index in [2.05, 4.69) is 15.5 Å². The third kappa shape index (κ3) is 4.20. The molecule has 0 radical (unpaired) electrons. The highest BCUT2D eigenvalue weighted by atomic mass is 35.5. The normalized spacial score (nSPS) is 11.4. The number of carbonyl (C=O) groups excluding carboxylic acids is 1. The van der Waals surface area contributed by atoms with E-state index in [0.717, 1.165) is 11.0 Å². The van der Waals surface area contributed by atoms with E-state index in [1.807, 2.05) is 48.7 Å². The number of thioether (sulfide) groups is 1. The molecule has 0 unspecified atom stereocenters. The number of carbonyl (C=O) groups is 1. The zero-order chi connectivity index (χ0) is 21.3. The van der Waals surface area contributed by atoms with Gasteiger partial charge in [-0.2, -0.15) is 0 Å². The van der Waals surface area contributed by atoms with E-state index < -0.39 is 5.82 Å². The van der Waals surface area contributed by atoms with E-state index in [4.69, 9.17) is 16.0 Å². The second kappa shape index (κ2) is 8.49. The molecule has 2 aromatic carbocycles. The van der Waals surface area contributed by atoms with Gasteiger partial charge in [-0.1, -0.05) is 41.6 Å². The van der Waals surface area contributed by atoms with Gasteiger partial charge in [-0.3, -0.25) is 9.36 Å². The summed E-state index contributed by atoms with van der Waals surface area (Å²) >= 11 is 7.02. The van der Waals surface area contributed by atoms with Crippen molar-refractivity contribution in [1.82, 2.24) is 14.8 Å². The predicted molar refractivity (Wildman–Crippen MR) is 116 cm³/mol. The Bertz CT molecular complexity index is 1190. The summed E-state index contributed by atoms with van der Waals surface area (Å²) in [6.07, 6.45) is 0. The van der Waals surface area contributed by atoms with Crippen LogP contribution in [-0.2, 0) is 4.79 Å². The highest BCUT2D eigenvalue weighted by Gasteiger charge is 2.20. The molecule has 0 saturated heterocycles. The fraction of sp³-hybridized carbons (Fsp3) is 0.190. The zero-order valence-electron chi connectivity index (χ0n) is 16.2. The van der Waals surface area contributed by atoms with Crippen molar-refractivity contribution >= 4 is 45.9 Å². The average molecular weight is 445 g/mol. The Labute approximate surface area is 181 Å². The monoisotopic (exact) mass is 444 g/mol. The number of para-hydroxylation sites is 1. The van der Waals surface area contributed by atoms with Crippen LogP contribution in [0.15, 0.2) is 58.1 Å². The van der Waals surface area contributed by atoms with Gasteiger partial charge in [-0.15, -0.1) is 10.2 Å². The van der Waals surface area contributed by atoms with Crippen molar-refractivity contribution in [2.24, 2.45) is 0 Å². The summed E-state index contributed by atoms with van der Waals surface area (Å²) in [7, 11) is 0. The topological polar surface area (TPSA) is 73.0 Å². The van der Waals surface area contributed by atoms with Crippen molar-refractivity contribution in [2.45, 2.75) is 25.0 Å². The lowest BCUT2D eigenvalue weighted by molar-refractivity contribution is -0.113. The molecular formula is C21H18ClFN4O2S. The Morgan fingerprint density at radius 1 is 1.23 bits per heavy atom. The van der Waals surface area contributed by atoms with Crippen LogP contribution in [0.2, 0.25) is 5.02 Å². The fourth-order valence-corrected chi connectivity index (χ4v) is 4.05. The van der Waals surface area contributed by atoms with Gasteiger partial charge in [0, 0.05) is 17.1 Å². The Balaban J connectivity index is 1.51. The third-order valence-electron chi connectivity index (χ3n) is 4.36. The number of anilines is 1. The molecule has 0 bridgehead atoms. The van der Waals surface area contributed by atoms with Crippen LogP contribution in [-0.4, -0.2) is 26.4 Å². The minimum atomic E-state index is -0.535. The van der Waals surface area contributed by atoms with Gasteiger partial charge in [-0.05, 0) is 44.2 Å². The number of hydrogen-bond acceptors (Lipinski definition) is 5. The van der Waals surface area contributed by atoms with Crippen LogP contribution in [0.4, 0.5) is 10.1 Å². The van der Waals surface area contributed by atoms with Crippen LogP contribution < -0.4 is 5.32 Å². The molecule has 0 saturated carbocycles. The molecular weight excluding hydrogens is 427 g/mol. The molecule has 0 aliphatic rings. The minimum absolute atomic E-state index is 0.0459. The quantitative estimate of drug-likeness (QED) is 0.381. The molecule has 4 rings (SSSR count). The SMILES string of the molecule is CC(C)n1c(SCC(=O)Nc2ccc(F)c(Cl)c2)nnc1-c1cc2ccccc2o1. The molecule has 154 valence electrons. The molecule has 0 aliphatic heterocycles. The van der Waals surface area contributed by atoms with E-state index in [-0.39, 0.29) is 22.7 Å². The molecule has 0 spiro atoms. The van der Waals surface area contributed by atoms with Gasteiger partial charge < -0.3 is 9.73 Å². The summed E-state index contributed by atoms with van der Waals surface area (Å²) < 4.78 is 21.1. The zero-order valence-corrected chi connectivity index (χ0v) is 17.8. The van der Waals surface area contributed by atoms with Gasteiger partial charge in [0.05, 0.1) is 10.8 Å². The van der Waals surface area contributed by atoms with Crippen LogP contribution in [0.25, 0.3) is 22.6 Å². The highest BCUT2D eigenvalue weighted by molar-refractivity contribution is 7.99. The van der Waals surface area contributed by atoms with Crippen LogP contribution in [0.1, 0.15) is 19.9 Å². The summed E-state index contributed by atoms with van der Waals surface area (Å²) in [5, 5.41) is 12.8. The molecule has 9 heteroatoms. The lowest BCUT2D eigenvalue weighted by Crippen LogP contribution is -2.15. The smallest absolute Gasteiger partial charge is 0.234 e. The van der Waals surface area contributed by atoms with E-state index in [1.165, 1.54) is 30.0 Å². The number of aromatic nitrogens is 3. The first-order valence-corrected chi connectivity index (χ1v) is 10.6. The van der Waals surface area contributed by atoms with Gasteiger partial charge in [0.25, 0.3) is 0 Å². The Hall–Kier alpha value is -2.84. The van der Waals surface area contributed by atoms with Crippen LogP contribution in [0, 0.1) is 5.82 Å². The van der Waals surface area contributed by atoms with Crippen molar-refractivity contribution in [3.05, 3.63) is 59.4 Å². The summed E-state index contributed by atoms with van der Waals surface area (Å²) in [4.78, 5) is 12.3. The first-order valence-electron chi connectivity index (χ1n) is 9.24. The van der Waals surface area contributed by atoms with Gasteiger partial charge in [0.15, 0.2) is 10.9 Å². The molecule has 4 aromatic rings. The van der Waals surface area contributed by atoms with E-state index >= 15 is 0 Å². The Morgan fingerprint density at radius 3 is 2.77 bits per heavy atom. The number of nitrogens with one attached hydrogen (secondary N) is 1. The number of rotatable bonds is 6. The summed E-state index contributed by atoms with van der Waals surface area (Å²) in [5.41, 5.74) is 1.21. The molecule has 30 heavy (non-hydrogen) atoms. The number of nitrogens with zero attached hydrogens (tertiary/aromatic N) is 3. The molecule has 2 heterocycles. The van der Waals surface area contributed by atoms with Crippen molar-refractivity contribution in [1.29, 1.82) is 0 Å². The standard InChI is InChI=1S/C21H18ClFN4O2S/c1-12(2)27-20(18-9-13-5-3-4-6-17(13)29-18)25-26-21(27)30-11-19(28)24-14-7-8-16(23)15(22)10-14/h3-10,12H,11H2,1-2H3,(H,24,28). The maximum atomic E-state index is 13.3. The number of furan rings is 1. The van der Waals surface area contributed by atoms with Gasteiger partial charge >= 0.3 is 0 Å².